The van der Waals surface area contributed by atoms with E-state index in [-0.39, 0.29) is 0 Å². The molecule has 2 aromatic heterocycles. The van der Waals surface area contributed by atoms with Crippen LogP contribution in [0.2, 0.25) is 0 Å². The van der Waals surface area contributed by atoms with Gasteiger partial charge in [-0.3, -0.25) is 0 Å². The molecule has 17 heavy (non-hydrogen) atoms. The van der Waals surface area contributed by atoms with Crippen molar-refractivity contribution >= 4 is 16.5 Å². The van der Waals surface area contributed by atoms with Crippen molar-refractivity contribution in [3.8, 4) is 10.6 Å². The number of hydrogen-bond donors (Lipinski definition) is 1. The maximum absolute atomic E-state index is 4.40. The first kappa shape index (κ1) is 10.8. The molecule has 1 aliphatic rings. The number of hydrogen-bond acceptors (Lipinski definition) is 4. The number of imidazole rings is 1. The average molecular weight is 248 g/mol. The summed E-state index contributed by atoms with van der Waals surface area (Å²) < 4.78 is 2.27. The van der Waals surface area contributed by atoms with Gasteiger partial charge in [0.05, 0.1) is 23.1 Å². The number of nitrogens with one attached hydrogen (secondary N) is 1. The molecular formula is C12H16N4S. The molecule has 2 heterocycles. The fourth-order valence-corrected chi connectivity index (χ4v) is 2.70. The number of anilines is 1. The maximum Gasteiger partial charge on any atom is 0.183 e. The van der Waals surface area contributed by atoms with E-state index in [1.54, 1.807) is 11.3 Å². The van der Waals surface area contributed by atoms with Crippen LogP contribution in [0.3, 0.4) is 0 Å². The second kappa shape index (κ2) is 4.49. The van der Waals surface area contributed by atoms with Gasteiger partial charge >= 0.3 is 0 Å². The standard InChI is InChI=1S/C12H16N4S/c1-2-5-14-12-15-7-11(17-12)10-6-13-8-16(10)9-3-4-9/h6-9H,2-5H2,1H3,(H,14,15). The number of aromatic nitrogens is 3. The normalized spacial score (nSPS) is 15.1. The van der Waals surface area contributed by atoms with E-state index in [4.69, 9.17) is 0 Å². The Hall–Kier alpha value is -1.36. The molecule has 0 saturated heterocycles. The zero-order valence-electron chi connectivity index (χ0n) is 9.89. The van der Waals surface area contributed by atoms with Gasteiger partial charge in [-0.1, -0.05) is 18.3 Å². The van der Waals surface area contributed by atoms with E-state index < -0.39 is 0 Å². The number of nitrogens with zero attached hydrogens (tertiary/aromatic N) is 3. The highest BCUT2D eigenvalue weighted by Gasteiger charge is 2.26. The van der Waals surface area contributed by atoms with Crippen LogP contribution in [-0.4, -0.2) is 21.1 Å². The molecular weight excluding hydrogens is 232 g/mol. The summed E-state index contributed by atoms with van der Waals surface area (Å²) >= 11 is 1.71. The third kappa shape index (κ3) is 2.20. The topological polar surface area (TPSA) is 42.7 Å². The Balaban J connectivity index is 1.82. The lowest BCUT2D eigenvalue weighted by atomic mass is 10.4. The lowest BCUT2D eigenvalue weighted by molar-refractivity contribution is 0.749. The first-order valence-electron chi connectivity index (χ1n) is 6.10. The molecule has 0 radical (unpaired) electrons. The van der Waals surface area contributed by atoms with Crippen LogP contribution in [0.15, 0.2) is 18.7 Å². The van der Waals surface area contributed by atoms with Crippen molar-refractivity contribution in [2.45, 2.75) is 32.2 Å². The molecule has 4 nitrogen and oxygen atoms in total. The van der Waals surface area contributed by atoms with E-state index in [1.165, 1.54) is 23.4 Å². The number of thiazole rings is 1. The summed E-state index contributed by atoms with van der Waals surface area (Å²) in [4.78, 5) is 9.85. The first-order chi connectivity index (χ1) is 8.38. The predicted molar refractivity (Wildman–Crippen MR) is 70.4 cm³/mol. The van der Waals surface area contributed by atoms with E-state index in [1.807, 2.05) is 18.7 Å². The van der Waals surface area contributed by atoms with Gasteiger partial charge in [-0.25, -0.2) is 9.97 Å². The van der Waals surface area contributed by atoms with E-state index in [0.717, 1.165) is 18.1 Å². The summed E-state index contributed by atoms with van der Waals surface area (Å²) in [7, 11) is 0. The van der Waals surface area contributed by atoms with Gasteiger partial charge in [0, 0.05) is 18.8 Å². The van der Waals surface area contributed by atoms with Crippen LogP contribution in [0.4, 0.5) is 5.13 Å². The van der Waals surface area contributed by atoms with Gasteiger partial charge in [0.2, 0.25) is 0 Å². The van der Waals surface area contributed by atoms with Crippen LogP contribution in [-0.2, 0) is 0 Å². The van der Waals surface area contributed by atoms with Gasteiger partial charge in [-0.05, 0) is 19.3 Å². The Kier molecular flexibility index (Phi) is 2.84. The van der Waals surface area contributed by atoms with Crippen molar-refractivity contribution in [1.82, 2.24) is 14.5 Å². The molecule has 1 saturated carbocycles. The minimum atomic E-state index is 0.668. The monoisotopic (exact) mass is 248 g/mol. The molecule has 0 atom stereocenters. The Labute approximate surface area is 105 Å². The highest BCUT2D eigenvalue weighted by Crippen LogP contribution is 2.39. The molecule has 1 aliphatic carbocycles. The van der Waals surface area contributed by atoms with Crippen molar-refractivity contribution < 1.29 is 0 Å². The molecule has 0 amide bonds. The minimum absolute atomic E-state index is 0.668. The quantitative estimate of drug-likeness (QED) is 0.883. The zero-order chi connectivity index (χ0) is 11.7. The van der Waals surface area contributed by atoms with Crippen molar-refractivity contribution in [3.05, 3.63) is 18.7 Å². The first-order valence-corrected chi connectivity index (χ1v) is 6.92. The second-order valence-electron chi connectivity index (χ2n) is 4.37. The smallest absolute Gasteiger partial charge is 0.183 e. The molecule has 0 spiro atoms. The van der Waals surface area contributed by atoms with Crippen LogP contribution in [0, 0.1) is 0 Å². The SMILES string of the molecule is CCCNc1ncc(-c2cncn2C2CC2)s1. The third-order valence-electron chi connectivity index (χ3n) is 2.89. The molecule has 3 rings (SSSR count). The molecule has 0 unspecified atom stereocenters. The van der Waals surface area contributed by atoms with E-state index >= 15 is 0 Å². The summed E-state index contributed by atoms with van der Waals surface area (Å²) in [5, 5.41) is 4.32. The Morgan fingerprint density at radius 2 is 2.35 bits per heavy atom. The van der Waals surface area contributed by atoms with Crippen molar-refractivity contribution in [3.63, 3.8) is 0 Å². The second-order valence-corrected chi connectivity index (χ2v) is 5.40. The van der Waals surface area contributed by atoms with E-state index in [0.29, 0.717) is 6.04 Å². The summed E-state index contributed by atoms with van der Waals surface area (Å²) in [6.07, 6.45) is 9.50. The summed E-state index contributed by atoms with van der Waals surface area (Å²) in [6.45, 7) is 3.14. The molecule has 90 valence electrons. The predicted octanol–water partition coefficient (Wildman–Crippen LogP) is 3.16. The Morgan fingerprint density at radius 1 is 1.47 bits per heavy atom. The van der Waals surface area contributed by atoms with Crippen molar-refractivity contribution in [1.29, 1.82) is 0 Å². The highest BCUT2D eigenvalue weighted by atomic mass is 32.1. The van der Waals surface area contributed by atoms with Crippen molar-refractivity contribution in [2.75, 3.05) is 11.9 Å². The molecule has 5 heteroatoms. The van der Waals surface area contributed by atoms with Gasteiger partial charge in [0.1, 0.15) is 0 Å². The molecule has 0 aromatic carbocycles. The maximum atomic E-state index is 4.40. The molecule has 1 N–H and O–H groups in total. The van der Waals surface area contributed by atoms with Gasteiger partial charge in [0.25, 0.3) is 0 Å². The fourth-order valence-electron chi connectivity index (χ4n) is 1.85. The largest absolute Gasteiger partial charge is 0.362 e. The van der Waals surface area contributed by atoms with Crippen LogP contribution in [0.5, 0.6) is 0 Å². The van der Waals surface area contributed by atoms with E-state index in [2.05, 4.69) is 26.8 Å². The van der Waals surface area contributed by atoms with Crippen LogP contribution in [0.25, 0.3) is 10.6 Å². The molecule has 0 aliphatic heterocycles. The Morgan fingerprint density at radius 3 is 3.12 bits per heavy atom. The zero-order valence-corrected chi connectivity index (χ0v) is 10.7. The van der Waals surface area contributed by atoms with Gasteiger partial charge in [-0.15, -0.1) is 0 Å². The van der Waals surface area contributed by atoms with Crippen LogP contribution < -0.4 is 5.32 Å². The average Bonchev–Trinajstić information content (AvgIpc) is 2.91. The number of rotatable bonds is 5. The highest BCUT2D eigenvalue weighted by molar-refractivity contribution is 7.18. The lowest BCUT2D eigenvalue weighted by Crippen LogP contribution is -1.97. The molecule has 2 aromatic rings. The van der Waals surface area contributed by atoms with Crippen LogP contribution in [0.1, 0.15) is 32.2 Å². The minimum Gasteiger partial charge on any atom is -0.362 e. The molecule has 0 bridgehead atoms. The fraction of sp³-hybridized carbons (Fsp3) is 0.500. The summed E-state index contributed by atoms with van der Waals surface area (Å²) in [5.41, 5.74) is 1.20. The van der Waals surface area contributed by atoms with Gasteiger partial charge < -0.3 is 9.88 Å². The van der Waals surface area contributed by atoms with Gasteiger partial charge in [-0.2, -0.15) is 0 Å². The summed E-state index contributed by atoms with van der Waals surface area (Å²) in [5.74, 6) is 0. The Bertz CT molecular complexity index is 498. The lowest BCUT2D eigenvalue weighted by Gasteiger charge is -2.02. The van der Waals surface area contributed by atoms with Gasteiger partial charge in [0.15, 0.2) is 5.13 Å². The van der Waals surface area contributed by atoms with Crippen LogP contribution >= 0.6 is 11.3 Å². The summed E-state index contributed by atoms with van der Waals surface area (Å²) in [6, 6.07) is 0.668. The van der Waals surface area contributed by atoms with E-state index in [9.17, 15) is 0 Å². The molecule has 1 fully saturated rings. The third-order valence-corrected chi connectivity index (χ3v) is 3.87. The van der Waals surface area contributed by atoms with Crippen molar-refractivity contribution in [2.24, 2.45) is 0 Å².